The molecule has 3 atom stereocenters. The fourth-order valence-electron chi connectivity index (χ4n) is 3.07. The van der Waals surface area contributed by atoms with E-state index >= 15 is 0 Å². The topological polar surface area (TPSA) is 41.1 Å². The van der Waals surface area contributed by atoms with E-state index in [-0.39, 0.29) is 5.91 Å². The third-order valence-corrected chi connectivity index (χ3v) is 4.20. The van der Waals surface area contributed by atoms with Crippen molar-refractivity contribution in [3.8, 4) is 0 Å². The van der Waals surface area contributed by atoms with Gasteiger partial charge in [-0.1, -0.05) is 27.2 Å². The first-order chi connectivity index (χ1) is 8.54. The van der Waals surface area contributed by atoms with Crippen molar-refractivity contribution in [1.82, 2.24) is 10.6 Å². The lowest BCUT2D eigenvalue weighted by Crippen LogP contribution is -2.45. The summed E-state index contributed by atoms with van der Waals surface area (Å²) >= 11 is 0. The fourth-order valence-corrected chi connectivity index (χ4v) is 3.07. The van der Waals surface area contributed by atoms with Gasteiger partial charge in [-0.05, 0) is 50.6 Å². The van der Waals surface area contributed by atoms with Crippen molar-refractivity contribution < 1.29 is 4.79 Å². The van der Waals surface area contributed by atoms with Crippen LogP contribution in [0.25, 0.3) is 0 Å². The van der Waals surface area contributed by atoms with E-state index in [1.807, 2.05) is 7.05 Å². The fraction of sp³-hybridized carbons (Fsp3) is 0.933. The van der Waals surface area contributed by atoms with Gasteiger partial charge in [0.25, 0.3) is 0 Å². The predicted molar refractivity (Wildman–Crippen MR) is 76.4 cm³/mol. The summed E-state index contributed by atoms with van der Waals surface area (Å²) in [4.78, 5) is 11.9. The Labute approximate surface area is 112 Å². The van der Waals surface area contributed by atoms with Crippen LogP contribution in [0.3, 0.4) is 0 Å². The minimum atomic E-state index is 0.231. The van der Waals surface area contributed by atoms with E-state index in [1.165, 1.54) is 12.8 Å². The Morgan fingerprint density at radius 3 is 2.67 bits per heavy atom. The van der Waals surface area contributed by atoms with Gasteiger partial charge in [-0.15, -0.1) is 0 Å². The zero-order valence-corrected chi connectivity index (χ0v) is 12.5. The summed E-state index contributed by atoms with van der Waals surface area (Å²) in [5, 5.41) is 6.35. The second-order valence-corrected chi connectivity index (χ2v) is 6.21. The van der Waals surface area contributed by atoms with E-state index in [4.69, 9.17) is 0 Å². The molecule has 1 fully saturated rings. The molecule has 0 heterocycles. The molecule has 3 unspecified atom stereocenters. The van der Waals surface area contributed by atoms with Gasteiger partial charge in [0.15, 0.2) is 0 Å². The molecule has 0 bridgehead atoms. The summed E-state index contributed by atoms with van der Waals surface area (Å²) in [7, 11) is 1.93. The highest BCUT2D eigenvalue weighted by Gasteiger charge is 2.31. The van der Waals surface area contributed by atoms with Crippen molar-refractivity contribution in [2.75, 3.05) is 13.6 Å². The number of nitrogens with one attached hydrogen (secondary N) is 2. The van der Waals surface area contributed by atoms with Crippen LogP contribution < -0.4 is 10.6 Å². The van der Waals surface area contributed by atoms with Gasteiger partial charge in [0.1, 0.15) is 0 Å². The molecular formula is C15H30N2O. The van der Waals surface area contributed by atoms with Crippen LogP contribution in [-0.2, 0) is 4.79 Å². The molecule has 0 radical (unpaired) electrons. The third-order valence-electron chi connectivity index (χ3n) is 4.20. The predicted octanol–water partition coefficient (Wildman–Crippen LogP) is 2.56. The number of carbonyl (C=O) groups is 1. The Bertz CT molecular complexity index is 253. The molecule has 3 nitrogen and oxygen atoms in total. The quantitative estimate of drug-likeness (QED) is 0.715. The average molecular weight is 254 g/mol. The van der Waals surface area contributed by atoms with E-state index in [1.54, 1.807) is 0 Å². The second-order valence-electron chi connectivity index (χ2n) is 6.21. The van der Waals surface area contributed by atoms with Crippen LogP contribution >= 0.6 is 0 Å². The van der Waals surface area contributed by atoms with Crippen molar-refractivity contribution in [2.24, 2.45) is 17.8 Å². The molecule has 1 saturated carbocycles. The third kappa shape index (κ3) is 4.97. The average Bonchev–Trinajstić information content (AvgIpc) is 2.29. The minimum Gasteiger partial charge on any atom is -0.353 e. The molecule has 1 amide bonds. The summed E-state index contributed by atoms with van der Waals surface area (Å²) in [6.07, 6.45) is 5.31. The molecule has 0 saturated heterocycles. The first-order valence-corrected chi connectivity index (χ1v) is 7.48. The van der Waals surface area contributed by atoms with E-state index < -0.39 is 0 Å². The maximum absolute atomic E-state index is 11.9. The zero-order chi connectivity index (χ0) is 13.5. The smallest absolute Gasteiger partial charge is 0.220 e. The molecule has 3 heteroatoms. The molecule has 18 heavy (non-hydrogen) atoms. The molecule has 1 aliphatic carbocycles. The lowest BCUT2D eigenvalue weighted by molar-refractivity contribution is -0.122. The summed E-state index contributed by atoms with van der Waals surface area (Å²) in [5.41, 5.74) is 0. The summed E-state index contributed by atoms with van der Waals surface area (Å²) in [6, 6.07) is 0.399. The summed E-state index contributed by atoms with van der Waals surface area (Å²) < 4.78 is 0. The molecule has 0 aliphatic heterocycles. The molecule has 2 N–H and O–H groups in total. The van der Waals surface area contributed by atoms with Crippen LogP contribution in [0.15, 0.2) is 0 Å². The lowest BCUT2D eigenvalue weighted by Gasteiger charge is -2.37. The van der Waals surface area contributed by atoms with Gasteiger partial charge in [-0.2, -0.15) is 0 Å². The summed E-state index contributed by atoms with van der Waals surface area (Å²) in [5.74, 6) is 2.31. The second kappa shape index (κ2) is 7.78. The van der Waals surface area contributed by atoms with E-state index in [0.717, 1.165) is 25.3 Å². The van der Waals surface area contributed by atoms with Gasteiger partial charge in [-0.25, -0.2) is 0 Å². The van der Waals surface area contributed by atoms with Crippen molar-refractivity contribution in [3.63, 3.8) is 0 Å². The van der Waals surface area contributed by atoms with Gasteiger partial charge >= 0.3 is 0 Å². The van der Waals surface area contributed by atoms with Crippen LogP contribution in [-0.4, -0.2) is 25.5 Å². The Morgan fingerprint density at radius 2 is 2.06 bits per heavy atom. The lowest BCUT2D eigenvalue weighted by atomic mass is 9.74. The Balaban J connectivity index is 2.42. The Kier molecular flexibility index (Phi) is 6.69. The van der Waals surface area contributed by atoms with E-state index in [0.29, 0.717) is 24.3 Å². The largest absolute Gasteiger partial charge is 0.353 e. The van der Waals surface area contributed by atoms with Crippen molar-refractivity contribution in [2.45, 2.75) is 58.9 Å². The highest BCUT2D eigenvalue weighted by atomic mass is 16.1. The van der Waals surface area contributed by atoms with Crippen molar-refractivity contribution in [3.05, 3.63) is 0 Å². The van der Waals surface area contributed by atoms with Crippen LogP contribution in [0.4, 0.5) is 0 Å². The molecule has 0 spiro atoms. The standard InChI is InChI=1S/C15H30N2O/c1-11(2)13-8-7-12(3)10-14(13)17-15(18)6-5-9-16-4/h11-14,16H,5-10H2,1-4H3,(H,17,18). The number of amides is 1. The molecule has 0 aromatic rings. The van der Waals surface area contributed by atoms with Gasteiger partial charge in [-0.3, -0.25) is 4.79 Å². The molecule has 106 valence electrons. The van der Waals surface area contributed by atoms with E-state index in [9.17, 15) is 4.79 Å². The van der Waals surface area contributed by atoms with Crippen molar-refractivity contribution in [1.29, 1.82) is 0 Å². The van der Waals surface area contributed by atoms with Gasteiger partial charge in [0, 0.05) is 12.5 Å². The van der Waals surface area contributed by atoms with Crippen molar-refractivity contribution >= 4 is 5.91 Å². The van der Waals surface area contributed by atoms with Crippen LogP contribution in [0.2, 0.25) is 0 Å². The number of carbonyl (C=O) groups excluding carboxylic acids is 1. The van der Waals surface area contributed by atoms with E-state index in [2.05, 4.69) is 31.4 Å². The van der Waals surface area contributed by atoms with Crippen LogP contribution in [0.5, 0.6) is 0 Å². The normalized spacial score (nSPS) is 28.4. The van der Waals surface area contributed by atoms with Crippen LogP contribution in [0.1, 0.15) is 52.9 Å². The van der Waals surface area contributed by atoms with Gasteiger partial charge in [0.2, 0.25) is 5.91 Å². The highest BCUT2D eigenvalue weighted by Crippen LogP contribution is 2.33. The molecule has 1 rings (SSSR count). The number of rotatable bonds is 6. The molecule has 0 aromatic heterocycles. The first-order valence-electron chi connectivity index (χ1n) is 7.48. The zero-order valence-electron chi connectivity index (χ0n) is 12.5. The molecular weight excluding hydrogens is 224 g/mol. The minimum absolute atomic E-state index is 0.231. The summed E-state index contributed by atoms with van der Waals surface area (Å²) in [6.45, 7) is 7.78. The Hall–Kier alpha value is -0.570. The van der Waals surface area contributed by atoms with Gasteiger partial charge in [0.05, 0.1) is 0 Å². The first kappa shape index (κ1) is 15.5. The maximum Gasteiger partial charge on any atom is 0.220 e. The molecule has 0 aromatic carbocycles. The monoisotopic (exact) mass is 254 g/mol. The highest BCUT2D eigenvalue weighted by molar-refractivity contribution is 5.76. The SMILES string of the molecule is CNCCCC(=O)NC1CC(C)CCC1C(C)C. The van der Waals surface area contributed by atoms with Gasteiger partial charge < -0.3 is 10.6 Å². The maximum atomic E-state index is 11.9. The molecule has 1 aliphatic rings. The number of hydrogen-bond donors (Lipinski definition) is 2. The number of hydrogen-bond acceptors (Lipinski definition) is 2. The van der Waals surface area contributed by atoms with Crippen LogP contribution in [0, 0.1) is 17.8 Å². The Morgan fingerprint density at radius 1 is 1.33 bits per heavy atom.